The molecule has 0 bridgehead atoms. The first-order chi connectivity index (χ1) is 9.06. The highest BCUT2D eigenvalue weighted by Crippen LogP contribution is 2.13. The minimum Gasteiger partial charge on any atom is -0.321 e. The SMILES string of the molecule is Cc1cnc(C(=O)Nc2cccc(S(C)=O)c2)cn1. The summed E-state index contributed by atoms with van der Waals surface area (Å²) in [6, 6.07) is 6.90. The predicted octanol–water partition coefficient (Wildman–Crippen LogP) is 1.77. The monoisotopic (exact) mass is 275 g/mol. The predicted molar refractivity (Wildman–Crippen MR) is 73.5 cm³/mol. The maximum atomic E-state index is 11.9. The second-order valence-corrected chi connectivity index (χ2v) is 5.36. The maximum absolute atomic E-state index is 11.9. The molecule has 1 N–H and O–H groups in total. The van der Waals surface area contributed by atoms with E-state index in [9.17, 15) is 9.00 Å². The van der Waals surface area contributed by atoms with Crippen molar-refractivity contribution in [3.63, 3.8) is 0 Å². The van der Waals surface area contributed by atoms with E-state index in [1.807, 2.05) is 0 Å². The summed E-state index contributed by atoms with van der Waals surface area (Å²) < 4.78 is 11.4. The molecule has 0 saturated carbocycles. The first-order valence-electron chi connectivity index (χ1n) is 5.60. The second kappa shape index (κ2) is 5.71. The molecule has 2 aromatic rings. The van der Waals surface area contributed by atoms with E-state index in [2.05, 4.69) is 15.3 Å². The van der Waals surface area contributed by atoms with Crippen LogP contribution in [0, 0.1) is 6.92 Å². The Kier molecular flexibility index (Phi) is 4.01. The van der Waals surface area contributed by atoms with Crippen LogP contribution in [-0.2, 0) is 10.8 Å². The molecule has 0 aliphatic carbocycles. The van der Waals surface area contributed by atoms with E-state index in [4.69, 9.17) is 0 Å². The molecule has 0 aliphatic rings. The number of nitrogens with one attached hydrogen (secondary N) is 1. The Bertz CT molecular complexity index is 626. The van der Waals surface area contributed by atoms with Crippen molar-refractivity contribution in [1.82, 2.24) is 9.97 Å². The van der Waals surface area contributed by atoms with Gasteiger partial charge in [-0.3, -0.25) is 14.0 Å². The van der Waals surface area contributed by atoms with Gasteiger partial charge in [-0.2, -0.15) is 0 Å². The van der Waals surface area contributed by atoms with Gasteiger partial charge in [0.25, 0.3) is 5.91 Å². The topological polar surface area (TPSA) is 72.0 Å². The summed E-state index contributed by atoms with van der Waals surface area (Å²) >= 11 is 0. The number of aromatic nitrogens is 2. The Balaban J connectivity index is 2.17. The first-order valence-corrected chi connectivity index (χ1v) is 7.15. The molecule has 0 aliphatic heterocycles. The second-order valence-electron chi connectivity index (χ2n) is 3.98. The lowest BCUT2D eigenvalue weighted by Crippen LogP contribution is -2.14. The number of rotatable bonds is 3. The summed E-state index contributed by atoms with van der Waals surface area (Å²) in [5.74, 6) is -0.341. The van der Waals surface area contributed by atoms with Crippen molar-refractivity contribution in [2.45, 2.75) is 11.8 Å². The average Bonchev–Trinajstić information content (AvgIpc) is 2.39. The van der Waals surface area contributed by atoms with Crippen molar-refractivity contribution in [2.24, 2.45) is 0 Å². The van der Waals surface area contributed by atoms with Crippen molar-refractivity contribution in [3.05, 3.63) is 48.0 Å². The molecular formula is C13H13N3O2S. The normalized spacial score (nSPS) is 11.9. The molecule has 5 nitrogen and oxygen atoms in total. The summed E-state index contributed by atoms with van der Waals surface area (Å²) in [7, 11) is -1.08. The smallest absolute Gasteiger partial charge is 0.275 e. The van der Waals surface area contributed by atoms with E-state index in [0.717, 1.165) is 5.69 Å². The van der Waals surface area contributed by atoms with Crippen LogP contribution < -0.4 is 5.32 Å². The van der Waals surface area contributed by atoms with Gasteiger partial charge >= 0.3 is 0 Å². The van der Waals surface area contributed by atoms with Crippen LogP contribution in [-0.4, -0.2) is 26.3 Å². The molecule has 0 saturated heterocycles. The van der Waals surface area contributed by atoms with Gasteiger partial charge in [-0.15, -0.1) is 0 Å². The van der Waals surface area contributed by atoms with Crippen molar-refractivity contribution in [3.8, 4) is 0 Å². The summed E-state index contributed by atoms with van der Waals surface area (Å²) in [4.78, 5) is 20.6. The number of nitrogens with zero attached hydrogens (tertiary/aromatic N) is 2. The third-order valence-corrected chi connectivity index (χ3v) is 3.36. The zero-order valence-electron chi connectivity index (χ0n) is 10.6. The van der Waals surface area contributed by atoms with E-state index >= 15 is 0 Å². The van der Waals surface area contributed by atoms with Gasteiger partial charge < -0.3 is 5.32 Å². The van der Waals surface area contributed by atoms with Crippen LogP contribution in [0.1, 0.15) is 16.2 Å². The number of aryl methyl sites for hydroxylation is 1. The molecular weight excluding hydrogens is 262 g/mol. The summed E-state index contributed by atoms with van der Waals surface area (Å²) in [5.41, 5.74) is 1.58. The molecule has 1 aromatic heterocycles. The summed E-state index contributed by atoms with van der Waals surface area (Å²) in [6.45, 7) is 1.80. The Morgan fingerprint density at radius 3 is 2.68 bits per heavy atom. The van der Waals surface area contributed by atoms with E-state index in [1.54, 1.807) is 37.4 Å². The van der Waals surface area contributed by atoms with Crippen LogP contribution in [0.5, 0.6) is 0 Å². The highest BCUT2D eigenvalue weighted by atomic mass is 32.2. The van der Waals surface area contributed by atoms with Gasteiger partial charge in [0.05, 0.1) is 11.9 Å². The van der Waals surface area contributed by atoms with Crippen LogP contribution in [0.3, 0.4) is 0 Å². The molecule has 1 atom stereocenters. The lowest BCUT2D eigenvalue weighted by Gasteiger charge is -2.05. The third-order valence-electron chi connectivity index (χ3n) is 2.44. The Morgan fingerprint density at radius 1 is 1.26 bits per heavy atom. The molecule has 1 aromatic carbocycles. The largest absolute Gasteiger partial charge is 0.321 e. The van der Waals surface area contributed by atoms with Crippen molar-refractivity contribution < 1.29 is 9.00 Å². The van der Waals surface area contributed by atoms with E-state index in [1.165, 1.54) is 12.4 Å². The minimum absolute atomic E-state index is 0.244. The number of anilines is 1. The molecule has 6 heteroatoms. The molecule has 1 amide bonds. The van der Waals surface area contributed by atoms with E-state index in [0.29, 0.717) is 10.6 Å². The van der Waals surface area contributed by atoms with Gasteiger partial charge in [0.15, 0.2) is 0 Å². The van der Waals surface area contributed by atoms with Gasteiger partial charge in [-0.25, -0.2) is 4.98 Å². The highest BCUT2D eigenvalue weighted by molar-refractivity contribution is 7.84. The number of carbonyl (C=O) groups excluding carboxylic acids is 1. The number of hydrogen-bond donors (Lipinski definition) is 1. The van der Waals surface area contributed by atoms with Crippen LogP contribution in [0.25, 0.3) is 0 Å². The molecule has 1 heterocycles. The standard InChI is InChI=1S/C13H13N3O2S/c1-9-7-15-12(8-14-9)13(17)16-10-4-3-5-11(6-10)19(2)18/h3-8H,1-2H3,(H,16,17). The number of benzene rings is 1. The van der Waals surface area contributed by atoms with Gasteiger partial charge in [0.2, 0.25) is 0 Å². The van der Waals surface area contributed by atoms with Crippen molar-refractivity contribution >= 4 is 22.4 Å². The molecule has 19 heavy (non-hydrogen) atoms. The van der Waals surface area contributed by atoms with Crippen LogP contribution in [0.2, 0.25) is 0 Å². The fraction of sp³-hybridized carbons (Fsp3) is 0.154. The quantitative estimate of drug-likeness (QED) is 0.926. The summed E-state index contributed by atoms with van der Waals surface area (Å²) in [5, 5.41) is 2.70. The minimum atomic E-state index is -1.08. The average molecular weight is 275 g/mol. The number of carbonyl (C=O) groups is 1. The number of amides is 1. The molecule has 1 unspecified atom stereocenters. The zero-order valence-corrected chi connectivity index (χ0v) is 11.4. The Morgan fingerprint density at radius 2 is 2.05 bits per heavy atom. The maximum Gasteiger partial charge on any atom is 0.275 e. The van der Waals surface area contributed by atoms with Gasteiger partial charge in [0.1, 0.15) is 5.69 Å². The van der Waals surface area contributed by atoms with E-state index in [-0.39, 0.29) is 11.6 Å². The molecule has 2 rings (SSSR count). The highest BCUT2D eigenvalue weighted by Gasteiger charge is 2.08. The van der Waals surface area contributed by atoms with Crippen LogP contribution >= 0.6 is 0 Å². The molecule has 98 valence electrons. The molecule has 0 radical (unpaired) electrons. The van der Waals surface area contributed by atoms with Gasteiger partial charge in [0, 0.05) is 33.8 Å². The van der Waals surface area contributed by atoms with Gasteiger partial charge in [-0.1, -0.05) is 6.07 Å². The fourth-order valence-corrected chi connectivity index (χ4v) is 2.02. The Hall–Kier alpha value is -2.08. The first kappa shape index (κ1) is 13.4. The van der Waals surface area contributed by atoms with Crippen LogP contribution in [0.15, 0.2) is 41.6 Å². The summed E-state index contributed by atoms with van der Waals surface area (Å²) in [6.07, 6.45) is 4.55. The van der Waals surface area contributed by atoms with Crippen molar-refractivity contribution in [1.29, 1.82) is 0 Å². The van der Waals surface area contributed by atoms with Crippen molar-refractivity contribution in [2.75, 3.05) is 11.6 Å². The number of hydrogen-bond acceptors (Lipinski definition) is 4. The lowest BCUT2D eigenvalue weighted by molar-refractivity contribution is 0.102. The van der Waals surface area contributed by atoms with Gasteiger partial charge in [-0.05, 0) is 25.1 Å². The molecule has 0 spiro atoms. The van der Waals surface area contributed by atoms with E-state index < -0.39 is 10.8 Å². The Labute approximate surface area is 113 Å². The van der Waals surface area contributed by atoms with Crippen LogP contribution in [0.4, 0.5) is 5.69 Å². The fourth-order valence-electron chi connectivity index (χ4n) is 1.46. The third kappa shape index (κ3) is 3.45. The lowest BCUT2D eigenvalue weighted by atomic mass is 10.3. The molecule has 0 fully saturated rings. The zero-order chi connectivity index (χ0) is 13.8.